The van der Waals surface area contributed by atoms with E-state index in [-0.39, 0.29) is 17.6 Å². The fourth-order valence-electron chi connectivity index (χ4n) is 4.06. The summed E-state index contributed by atoms with van der Waals surface area (Å²) < 4.78 is 11.3. The van der Waals surface area contributed by atoms with Crippen molar-refractivity contribution in [2.75, 3.05) is 6.61 Å². The maximum Gasteiger partial charge on any atom is 0.227 e. The molecular weight excluding hydrogens is 330 g/mol. The van der Waals surface area contributed by atoms with Gasteiger partial charge in [-0.25, -0.2) is 0 Å². The lowest BCUT2D eigenvalue weighted by Crippen LogP contribution is -2.37. The van der Waals surface area contributed by atoms with Gasteiger partial charge in [-0.05, 0) is 19.3 Å². The largest absolute Gasteiger partial charge is 0.373 e. The van der Waals surface area contributed by atoms with Crippen LogP contribution in [-0.4, -0.2) is 34.3 Å². The van der Waals surface area contributed by atoms with E-state index in [0.717, 1.165) is 24.8 Å². The summed E-state index contributed by atoms with van der Waals surface area (Å²) in [7, 11) is 0. The SMILES string of the molecule is O=C(CCc1nc(-c2ccccc2)no1)N[C@H]1COC2(CCCCC2)C1. The van der Waals surface area contributed by atoms with Crippen LogP contribution in [0, 0.1) is 0 Å². The van der Waals surface area contributed by atoms with E-state index < -0.39 is 0 Å². The Morgan fingerprint density at radius 2 is 2.00 bits per heavy atom. The number of benzene rings is 1. The van der Waals surface area contributed by atoms with Crippen molar-refractivity contribution in [2.24, 2.45) is 0 Å². The Labute approximate surface area is 153 Å². The smallest absolute Gasteiger partial charge is 0.227 e. The van der Waals surface area contributed by atoms with Gasteiger partial charge < -0.3 is 14.6 Å². The number of aromatic nitrogens is 2. The van der Waals surface area contributed by atoms with Crippen LogP contribution >= 0.6 is 0 Å². The molecule has 1 aromatic heterocycles. The molecule has 2 aliphatic rings. The molecule has 0 bridgehead atoms. The van der Waals surface area contributed by atoms with Crippen LogP contribution in [0.4, 0.5) is 0 Å². The monoisotopic (exact) mass is 355 g/mol. The number of aryl methyl sites for hydroxylation is 1. The predicted octanol–water partition coefficient (Wildman–Crippen LogP) is 3.28. The Kier molecular flexibility index (Phi) is 5.02. The zero-order chi connectivity index (χ0) is 17.8. The van der Waals surface area contributed by atoms with Gasteiger partial charge in [0.2, 0.25) is 17.6 Å². The lowest BCUT2D eigenvalue weighted by molar-refractivity contribution is -0.121. The van der Waals surface area contributed by atoms with Gasteiger partial charge in [0.15, 0.2) is 0 Å². The predicted molar refractivity (Wildman–Crippen MR) is 96.4 cm³/mol. The van der Waals surface area contributed by atoms with Crippen molar-refractivity contribution in [1.29, 1.82) is 0 Å². The summed E-state index contributed by atoms with van der Waals surface area (Å²) in [4.78, 5) is 16.6. The van der Waals surface area contributed by atoms with Crippen LogP contribution in [0.2, 0.25) is 0 Å². The molecule has 1 aliphatic heterocycles. The highest BCUT2D eigenvalue weighted by molar-refractivity contribution is 5.76. The summed E-state index contributed by atoms with van der Waals surface area (Å²) in [5, 5.41) is 7.09. The Bertz CT molecular complexity index is 738. The first kappa shape index (κ1) is 17.2. The second-order valence-electron chi connectivity index (χ2n) is 7.40. The first-order valence-electron chi connectivity index (χ1n) is 9.54. The van der Waals surface area contributed by atoms with Gasteiger partial charge in [0, 0.05) is 18.4 Å². The van der Waals surface area contributed by atoms with E-state index in [0.29, 0.717) is 31.2 Å². The Morgan fingerprint density at radius 1 is 1.19 bits per heavy atom. The van der Waals surface area contributed by atoms with Gasteiger partial charge in [-0.2, -0.15) is 4.98 Å². The molecule has 6 heteroatoms. The van der Waals surface area contributed by atoms with E-state index in [4.69, 9.17) is 9.26 Å². The van der Waals surface area contributed by atoms with E-state index >= 15 is 0 Å². The first-order chi connectivity index (χ1) is 12.7. The van der Waals surface area contributed by atoms with Crippen LogP contribution in [0.5, 0.6) is 0 Å². The van der Waals surface area contributed by atoms with Gasteiger partial charge >= 0.3 is 0 Å². The molecular formula is C20H25N3O3. The fraction of sp³-hybridized carbons (Fsp3) is 0.550. The highest BCUT2D eigenvalue weighted by Crippen LogP contribution is 2.39. The maximum atomic E-state index is 12.3. The van der Waals surface area contributed by atoms with Crippen LogP contribution in [0.15, 0.2) is 34.9 Å². The number of carbonyl (C=O) groups excluding carboxylic acids is 1. The lowest BCUT2D eigenvalue weighted by Gasteiger charge is -2.32. The molecule has 1 spiro atoms. The van der Waals surface area contributed by atoms with Crippen molar-refractivity contribution in [1.82, 2.24) is 15.5 Å². The van der Waals surface area contributed by atoms with Gasteiger partial charge in [-0.3, -0.25) is 4.79 Å². The van der Waals surface area contributed by atoms with Crippen molar-refractivity contribution in [3.05, 3.63) is 36.2 Å². The maximum absolute atomic E-state index is 12.3. The second-order valence-corrected chi connectivity index (χ2v) is 7.40. The van der Waals surface area contributed by atoms with Crippen LogP contribution in [0.25, 0.3) is 11.4 Å². The Morgan fingerprint density at radius 3 is 2.81 bits per heavy atom. The van der Waals surface area contributed by atoms with Crippen LogP contribution < -0.4 is 5.32 Å². The molecule has 26 heavy (non-hydrogen) atoms. The molecule has 0 radical (unpaired) electrons. The molecule has 1 aliphatic carbocycles. The molecule has 1 saturated heterocycles. The fourth-order valence-corrected chi connectivity index (χ4v) is 4.06. The van der Waals surface area contributed by atoms with E-state index in [1.807, 2.05) is 30.3 Å². The lowest BCUT2D eigenvalue weighted by atomic mass is 9.82. The number of carbonyl (C=O) groups is 1. The normalized spacial score (nSPS) is 21.8. The van der Waals surface area contributed by atoms with E-state index in [1.54, 1.807) is 0 Å². The quantitative estimate of drug-likeness (QED) is 0.891. The number of ether oxygens (including phenoxy) is 1. The molecule has 1 saturated carbocycles. The van der Waals surface area contributed by atoms with Crippen LogP contribution in [0.3, 0.4) is 0 Å². The van der Waals surface area contributed by atoms with E-state index in [2.05, 4.69) is 15.5 Å². The molecule has 2 heterocycles. The molecule has 0 unspecified atom stereocenters. The summed E-state index contributed by atoms with van der Waals surface area (Å²) in [6.07, 6.45) is 7.77. The second kappa shape index (κ2) is 7.58. The third-order valence-electron chi connectivity index (χ3n) is 5.41. The number of amides is 1. The standard InChI is InChI=1S/C20H25N3O3/c24-17(21-16-13-20(25-14-16)11-5-2-6-12-20)9-10-18-22-19(23-26-18)15-7-3-1-4-8-15/h1,3-4,7-8,16H,2,5-6,9-14H2,(H,21,24)/t16-/m1/s1. The van der Waals surface area contributed by atoms with Gasteiger partial charge in [0.25, 0.3) is 0 Å². The van der Waals surface area contributed by atoms with Gasteiger partial charge in [-0.1, -0.05) is 54.8 Å². The Hall–Kier alpha value is -2.21. The molecule has 1 N–H and O–H groups in total. The Balaban J connectivity index is 1.25. The first-order valence-corrected chi connectivity index (χ1v) is 9.54. The van der Waals surface area contributed by atoms with Gasteiger partial charge in [-0.15, -0.1) is 0 Å². The third kappa shape index (κ3) is 3.96. The zero-order valence-corrected chi connectivity index (χ0v) is 14.9. The zero-order valence-electron chi connectivity index (χ0n) is 14.9. The number of hydrogen-bond acceptors (Lipinski definition) is 5. The van der Waals surface area contributed by atoms with Gasteiger partial charge in [0.05, 0.1) is 18.2 Å². The molecule has 6 nitrogen and oxygen atoms in total. The minimum atomic E-state index is 0.0194. The summed E-state index contributed by atoms with van der Waals surface area (Å²) in [5.74, 6) is 1.07. The molecule has 2 aromatic rings. The van der Waals surface area contributed by atoms with Gasteiger partial charge in [0.1, 0.15) is 0 Å². The molecule has 1 atom stereocenters. The topological polar surface area (TPSA) is 77.2 Å². The number of rotatable bonds is 5. The molecule has 138 valence electrons. The summed E-state index contributed by atoms with van der Waals surface area (Å²) in [6.45, 7) is 0.629. The molecule has 4 rings (SSSR count). The average Bonchev–Trinajstić information content (AvgIpc) is 3.29. The average molecular weight is 355 g/mol. The summed E-state index contributed by atoms with van der Waals surface area (Å²) in [6, 6.07) is 9.80. The molecule has 1 aromatic carbocycles. The molecule has 1 amide bonds. The van der Waals surface area contributed by atoms with Crippen LogP contribution in [-0.2, 0) is 16.0 Å². The number of nitrogens with zero attached hydrogens (tertiary/aromatic N) is 2. The number of hydrogen-bond donors (Lipinski definition) is 1. The minimum absolute atomic E-state index is 0.0194. The van der Waals surface area contributed by atoms with Crippen molar-refractivity contribution in [2.45, 2.75) is 63.0 Å². The van der Waals surface area contributed by atoms with Crippen molar-refractivity contribution in [3.8, 4) is 11.4 Å². The van der Waals surface area contributed by atoms with Crippen molar-refractivity contribution in [3.63, 3.8) is 0 Å². The minimum Gasteiger partial charge on any atom is -0.373 e. The van der Waals surface area contributed by atoms with Crippen LogP contribution in [0.1, 0.15) is 50.8 Å². The summed E-state index contributed by atoms with van der Waals surface area (Å²) in [5.41, 5.74) is 0.931. The highest BCUT2D eigenvalue weighted by atomic mass is 16.5. The molecule has 2 fully saturated rings. The van der Waals surface area contributed by atoms with E-state index in [1.165, 1.54) is 19.3 Å². The number of nitrogens with one attached hydrogen (secondary N) is 1. The van der Waals surface area contributed by atoms with Crippen molar-refractivity contribution >= 4 is 5.91 Å². The summed E-state index contributed by atoms with van der Waals surface area (Å²) >= 11 is 0. The van der Waals surface area contributed by atoms with Crippen molar-refractivity contribution < 1.29 is 14.1 Å². The van der Waals surface area contributed by atoms with E-state index in [9.17, 15) is 4.79 Å². The third-order valence-corrected chi connectivity index (χ3v) is 5.41. The highest BCUT2D eigenvalue weighted by Gasteiger charge is 2.41.